The van der Waals surface area contributed by atoms with Crippen molar-refractivity contribution in [3.63, 3.8) is 0 Å². The summed E-state index contributed by atoms with van der Waals surface area (Å²) in [4.78, 5) is 5.01. The fraction of sp³-hybridized carbons (Fsp3) is 0.400. The second-order valence-electron chi connectivity index (χ2n) is 7.98. The van der Waals surface area contributed by atoms with Gasteiger partial charge in [-0.3, -0.25) is 0 Å². The molecule has 2 aromatic carbocycles. The maximum absolute atomic E-state index is 2.52. The number of hydrogen-bond donors (Lipinski definition) is 0. The van der Waals surface area contributed by atoms with Crippen LogP contribution in [0, 0.1) is 0 Å². The summed E-state index contributed by atoms with van der Waals surface area (Å²) in [7, 11) is 0. The fourth-order valence-corrected chi connectivity index (χ4v) is 3.98. The predicted octanol–water partition coefficient (Wildman–Crippen LogP) is 5.04. The minimum absolute atomic E-state index is 0.0479. The molecule has 0 radical (unpaired) electrons. The van der Waals surface area contributed by atoms with Crippen LogP contribution < -0.4 is 9.80 Å². The summed E-state index contributed by atoms with van der Waals surface area (Å²) in [6.07, 6.45) is 0. The van der Waals surface area contributed by atoms with E-state index < -0.39 is 0 Å². The number of anilines is 3. The van der Waals surface area contributed by atoms with E-state index in [9.17, 15) is 0 Å². The molecule has 0 aliphatic carbocycles. The summed E-state index contributed by atoms with van der Waals surface area (Å²) in [6, 6.07) is 15.6. The standard InChI is InChI=1S/C20H24N2/c1-19(2,3)22-13-21-16-11-7-6-9-14(16)20(4,5)15-10-8-12-17(22)18(15)21/h6-12H,13H2,1-5H3. The quantitative estimate of drug-likeness (QED) is 0.671. The smallest absolute Gasteiger partial charge is 0.0958 e. The maximum atomic E-state index is 2.52. The van der Waals surface area contributed by atoms with Crippen LogP contribution in [0.4, 0.5) is 17.1 Å². The Balaban J connectivity index is 2.02. The van der Waals surface area contributed by atoms with Crippen LogP contribution in [0.15, 0.2) is 42.5 Å². The molecule has 0 bridgehead atoms. The first-order valence-corrected chi connectivity index (χ1v) is 8.10. The molecule has 2 heterocycles. The number of para-hydroxylation sites is 2. The molecule has 0 spiro atoms. The third-order valence-corrected chi connectivity index (χ3v) is 5.21. The monoisotopic (exact) mass is 292 g/mol. The third kappa shape index (κ3) is 1.61. The molecule has 0 amide bonds. The molecule has 2 aromatic rings. The van der Waals surface area contributed by atoms with Crippen LogP contribution >= 0.6 is 0 Å². The molecular formula is C20H24N2. The van der Waals surface area contributed by atoms with Crippen LogP contribution in [0.25, 0.3) is 0 Å². The van der Waals surface area contributed by atoms with E-state index in [1.54, 1.807) is 0 Å². The number of rotatable bonds is 0. The predicted molar refractivity (Wildman–Crippen MR) is 94.3 cm³/mol. The zero-order valence-corrected chi connectivity index (χ0v) is 14.1. The lowest BCUT2D eigenvalue weighted by molar-refractivity contribution is 0.517. The molecule has 2 heteroatoms. The van der Waals surface area contributed by atoms with E-state index in [2.05, 4.69) is 86.9 Å². The Morgan fingerprint density at radius 2 is 1.50 bits per heavy atom. The maximum Gasteiger partial charge on any atom is 0.0958 e. The Bertz CT molecular complexity index is 753. The summed E-state index contributed by atoms with van der Waals surface area (Å²) in [6.45, 7) is 12.5. The van der Waals surface area contributed by atoms with Gasteiger partial charge in [0, 0.05) is 16.6 Å². The largest absolute Gasteiger partial charge is 0.347 e. The van der Waals surface area contributed by atoms with Crippen molar-refractivity contribution in [3.8, 4) is 0 Å². The first-order chi connectivity index (χ1) is 10.3. The first-order valence-electron chi connectivity index (χ1n) is 8.10. The molecule has 2 aliphatic heterocycles. The lowest BCUT2D eigenvalue weighted by atomic mass is 9.74. The number of benzene rings is 2. The molecular weight excluding hydrogens is 268 g/mol. The minimum atomic E-state index is 0.0479. The summed E-state index contributed by atoms with van der Waals surface area (Å²) < 4.78 is 0. The molecule has 114 valence electrons. The fourth-order valence-electron chi connectivity index (χ4n) is 3.98. The summed E-state index contributed by atoms with van der Waals surface area (Å²) >= 11 is 0. The Kier molecular flexibility index (Phi) is 2.53. The van der Waals surface area contributed by atoms with Crippen LogP contribution in [-0.2, 0) is 5.41 Å². The molecule has 2 aliphatic rings. The van der Waals surface area contributed by atoms with Gasteiger partial charge in [0.05, 0.1) is 18.0 Å². The normalized spacial score (nSPS) is 18.2. The highest BCUT2D eigenvalue weighted by Gasteiger charge is 2.43. The molecule has 0 saturated carbocycles. The van der Waals surface area contributed by atoms with Gasteiger partial charge in [-0.25, -0.2) is 0 Å². The lowest BCUT2D eigenvalue weighted by Crippen LogP contribution is -2.43. The Morgan fingerprint density at radius 3 is 2.23 bits per heavy atom. The number of nitrogens with zero attached hydrogens (tertiary/aromatic N) is 2. The molecule has 0 unspecified atom stereocenters. The SMILES string of the molecule is CC1(C)c2ccccc2N2CN(C(C)(C)C)c3cccc1c32. The Morgan fingerprint density at radius 1 is 0.864 bits per heavy atom. The summed E-state index contributed by atoms with van der Waals surface area (Å²) in [5.41, 5.74) is 7.16. The Hall–Kier alpha value is -1.96. The van der Waals surface area contributed by atoms with Crippen molar-refractivity contribution in [2.45, 2.75) is 45.6 Å². The number of fused-ring (bicyclic) bond motifs is 2. The van der Waals surface area contributed by atoms with Crippen molar-refractivity contribution in [2.24, 2.45) is 0 Å². The minimum Gasteiger partial charge on any atom is -0.347 e. The van der Waals surface area contributed by atoms with Crippen molar-refractivity contribution in [2.75, 3.05) is 16.5 Å². The van der Waals surface area contributed by atoms with Crippen molar-refractivity contribution in [1.82, 2.24) is 0 Å². The zero-order chi connectivity index (χ0) is 15.7. The second-order valence-corrected chi connectivity index (χ2v) is 7.98. The van der Waals surface area contributed by atoms with Crippen molar-refractivity contribution in [3.05, 3.63) is 53.6 Å². The molecule has 4 rings (SSSR count). The van der Waals surface area contributed by atoms with E-state index in [0.717, 1.165) is 6.67 Å². The van der Waals surface area contributed by atoms with Gasteiger partial charge in [0.25, 0.3) is 0 Å². The highest BCUT2D eigenvalue weighted by Crippen LogP contribution is 2.55. The molecule has 0 aromatic heterocycles. The topological polar surface area (TPSA) is 6.48 Å². The highest BCUT2D eigenvalue weighted by atomic mass is 15.4. The van der Waals surface area contributed by atoms with Crippen molar-refractivity contribution < 1.29 is 0 Å². The van der Waals surface area contributed by atoms with Gasteiger partial charge in [0.15, 0.2) is 0 Å². The van der Waals surface area contributed by atoms with Crippen LogP contribution in [0.3, 0.4) is 0 Å². The van der Waals surface area contributed by atoms with Crippen molar-refractivity contribution in [1.29, 1.82) is 0 Å². The molecule has 0 fully saturated rings. The van der Waals surface area contributed by atoms with Crippen molar-refractivity contribution >= 4 is 17.1 Å². The average molecular weight is 292 g/mol. The van der Waals surface area contributed by atoms with Gasteiger partial charge in [-0.2, -0.15) is 0 Å². The molecule has 0 saturated heterocycles. The highest BCUT2D eigenvalue weighted by molar-refractivity contribution is 5.90. The van der Waals surface area contributed by atoms with Gasteiger partial charge in [-0.05, 0) is 44.0 Å². The third-order valence-electron chi connectivity index (χ3n) is 5.21. The first kappa shape index (κ1) is 13.7. The van der Waals surface area contributed by atoms with E-state index in [0.29, 0.717) is 0 Å². The van der Waals surface area contributed by atoms with Gasteiger partial charge < -0.3 is 9.80 Å². The zero-order valence-electron chi connectivity index (χ0n) is 14.1. The van der Waals surface area contributed by atoms with Crippen LogP contribution in [-0.4, -0.2) is 12.2 Å². The van der Waals surface area contributed by atoms with Crippen LogP contribution in [0.5, 0.6) is 0 Å². The van der Waals surface area contributed by atoms with E-state index in [-0.39, 0.29) is 11.0 Å². The van der Waals surface area contributed by atoms with E-state index >= 15 is 0 Å². The average Bonchev–Trinajstić information content (AvgIpc) is 2.86. The number of hydrogen-bond acceptors (Lipinski definition) is 2. The molecule has 2 nitrogen and oxygen atoms in total. The van der Waals surface area contributed by atoms with Crippen LogP contribution in [0.2, 0.25) is 0 Å². The summed E-state index contributed by atoms with van der Waals surface area (Å²) in [5, 5.41) is 0. The van der Waals surface area contributed by atoms with Crippen LogP contribution in [0.1, 0.15) is 45.7 Å². The van der Waals surface area contributed by atoms with E-state index in [1.807, 2.05) is 0 Å². The summed E-state index contributed by atoms with van der Waals surface area (Å²) in [5.74, 6) is 0. The van der Waals surface area contributed by atoms with Gasteiger partial charge in [-0.15, -0.1) is 0 Å². The van der Waals surface area contributed by atoms with Gasteiger partial charge in [0.2, 0.25) is 0 Å². The molecule has 22 heavy (non-hydrogen) atoms. The Labute approximate surface area is 133 Å². The van der Waals surface area contributed by atoms with E-state index in [4.69, 9.17) is 0 Å². The van der Waals surface area contributed by atoms with Gasteiger partial charge in [0.1, 0.15) is 0 Å². The molecule has 0 atom stereocenters. The second kappa shape index (κ2) is 4.07. The lowest BCUT2D eigenvalue weighted by Gasteiger charge is -2.39. The molecule has 0 N–H and O–H groups in total. The van der Waals surface area contributed by atoms with Gasteiger partial charge >= 0.3 is 0 Å². The van der Waals surface area contributed by atoms with E-state index in [1.165, 1.54) is 28.2 Å². The van der Waals surface area contributed by atoms with Gasteiger partial charge in [-0.1, -0.05) is 44.2 Å².